The third-order valence-corrected chi connectivity index (χ3v) is 4.39. The van der Waals surface area contributed by atoms with Crippen LogP contribution in [0.3, 0.4) is 0 Å². The van der Waals surface area contributed by atoms with E-state index >= 15 is 0 Å². The first-order valence-corrected chi connectivity index (χ1v) is 9.03. The highest BCUT2D eigenvalue weighted by atomic mass is 79.9. The third kappa shape index (κ3) is 3.42. The highest BCUT2D eigenvalue weighted by Gasteiger charge is 2.22. The zero-order valence-corrected chi connectivity index (χ0v) is 12.0. The normalized spacial score (nSPS) is 11.3. The first kappa shape index (κ1) is 12.4. The Morgan fingerprint density at radius 1 is 1.47 bits per heavy atom. The van der Waals surface area contributed by atoms with Crippen LogP contribution in [-0.2, 0) is 4.79 Å². The third-order valence-electron chi connectivity index (χ3n) is 1.96. The maximum Gasteiger partial charge on any atom is 0.222 e. The molecule has 1 amide bonds. The Morgan fingerprint density at radius 3 is 2.53 bits per heavy atom. The maximum absolute atomic E-state index is 11.0. The zero-order chi connectivity index (χ0) is 11.6. The molecular formula is C10H15BrN2OSi. The number of halogens is 1. The number of rotatable bonds is 2. The summed E-state index contributed by atoms with van der Waals surface area (Å²) in [5.74, 6) is 0.620. The number of hydrogen-bond donors (Lipinski definition) is 1. The van der Waals surface area contributed by atoms with Crippen molar-refractivity contribution in [3.8, 4) is 0 Å². The van der Waals surface area contributed by atoms with E-state index < -0.39 is 8.07 Å². The van der Waals surface area contributed by atoms with Crippen LogP contribution in [0.25, 0.3) is 0 Å². The number of nitrogens with zero attached hydrogens (tertiary/aromatic N) is 1. The molecule has 0 radical (unpaired) electrons. The van der Waals surface area contributed by atoms with Crippen LogP contribution in [0.5, 0.6) is 0 Å². The minimum atomic E-state index is -1.48. The van der Waals surface area contributed by atoms with Crippen LogP contribution in [-0.4, -0.2) is 19.0 Å². The lowest BCUT2D eigenvalue weighted by Gasteiger charge is -2.20. The summed E-state index contributed by atoms with van der Waals surface area (Å²) in [6.07, 6.45) is 1.70. The Balaban J connectivity index is 3.20. The number of hydrogen-bond acceptors (Lipinski definition) is 2. The van der Waals surface area contributed by atoms with Gasteiger partial charge in [-0.3, -0.25) is 4.79 Å². The molecule has 82 valence electrons. The van der Waals surface area contributed by atoms with E-state index in [4.69, 9.17) is 0 Å². The fourth-order valence-electron chi connectivity index (χ4n) is 1.28. The molecule has 0 fully saturated rings. The van der Waals surface area contributed by atoms with Gasteiger partial charge in [0.2, 0.25) is 5.91 Å². The second-order valence-electron chi connectivity index (χ2n) is 4.48. The van der Waals surface area contributed by atoms with Gasteiger partial charge in [0.1, 0.15) is 5.82 Å². The summed E-state index contributed by atoms with van der Waals surface area (Å²) in [6.45, 7) is 8.17. The van der Waals surface area contributed by atoms with Gasteiger partial charge in [0.05, 0.1) is 8.07 Å². The lowest BCUT2D eigenvalue weighted by atomic mass is 10.4. The second kappa shape index (κ2) is 4.45. The van der Waals surface area contributed by atoms with Gasteiger partial charge in [0.15, 0.2) is 0 Å². The monoisotopic (exact) mass is 286 g/mol. The van der Waals surface area contributed by atoms with Crippen LogP contribution in [0.2, 0.25) is 19.6 Å². The van der Waals surface area contributed by atoms with Gasteiger partial charge in [-0.15, -0.1) is 0 Å². The number of anilines is 1. The maximum atomic E-state index is 11.0. The fraction of sp³-hybridized carbons (Fsp3) is 0.400. The summed E-state index contributed by atoms with van der Waals surface area (Å²) in [5, 5.41) is 3.93. The summed E-state index contributed by atoms with van der Waals surface area (Å²) in [6, 6.07) is 2.05. The number of pyridine rings is 1. The first-order chi connectivity index (χ1) is 6.80. The standard InChI is InChI=1S/C10H15BrN2OSi/c1-7(14)13-10-9(15(2,3)4)5-8(11)6-12-10/h5-6H,1-4H3,(H,12,13,14). The molecule has 0 bridgehead atoms. The van der Waals surface area contributed by atoms with Gasteiger partial charge in [0.25, 0.3) is 0 Å². The highest BCUT2D eigenvalue weighted by Crippen LogP contribution is 2.14. The van der Waals surface area contributed by atoms with Crippen LogP contribution in [0.15, 0.2) is 16.7 Å². The molecule has 0 aliphatic carbocycles. The van der Waals surface area contributed by atoms with Crippen molar-refractivity contribution < 1.29 is 4.79 Å². The highest BCUT2D eigenvalue weighted by molar-refractivity contribution is 9.10. The van der Waals surface area contributed by atoms with Crippen molar-refractivity contribution in [3.05, 3.63) is 16.7 Å². The molecule has 0 spiro atoms. The number of carbonyl (C=O) groups excluding carboxylic acids is 1. The average molecular weight is 287 g/mol. The van der Waals surface area contributed by atoms with Crippen molar-refractivity contribution in [2.75, 3.05) is 5.32 Å². The predicted octanol–water partition coefficient (Wildman–Crippen LogP) is 2.35. The van der Waals surface area contributed by atoms with Crippen LogP contribution in [0, 0.1) is 0 Å². The molecule has 0 aliphatic heterocycles. The molecule has 1 N–H and O–H groups in total. The van der Waals surface area contributed by atoms with Gasteiger partial charge in [-0.05, 0) is 27.2 Å². The quantitative estimate of drug-likeness (QED) is 0.848. The van der Waals surface area contributed by atoms with E-state index in [0.717, 1.165) is 9.66 Å². The smallest absolute Gasteiger partial charge is 0.222 e. The van der Waals surface area contributed by atoms with Crippen molar-refractivity contribution in [2.24, 2.45) is 0 Å². The molecule has 1 rings (SSSR count). The van der Waals surface area contributed by atoms with E-state index in [1.54, 1.807) is 6.20 Å². The van der Waals surface area contributed by atoms with E-state index in [1.165, 1.54) is 6.92 Å². The summed E-state index contributed by atoms with van der Waals surface area (Å²) in [4.78, 5) is 15.3. The zero-order valence-electron chi connectivity index (χ0n) is 9.39. The number of carbonyl (C=O) groups is 1. The Bertz CT molecular complexity index is 387. The van der Waals surface area contributed by atoms with Gasteiger partial charge in [-0.1, -0.05) is 19.6 Å². The number of nitrogens with one attached hydrogen (secondary N) is 1. The molecule has 0 aliphatic rings. The minimum Gasteiger partial charge on any atom is -0.311 e. The van der Waals surface area contributed by atoms with Crippen LogP contribution in [0.4, 0.5) is 5.82 Å². The Labute approximate surface area is 99.4 Å². The summed E-state index contributed by atoms with van der Waals surface area (Å²) in [7, 11) is -1.48. The molecule has 0 unspecified atom stereocenters. The molecular weight excluding hydrogens is 272 g/mol. The van der Waals surface area contributed by atoms with Crippen molar-refractivity contribution >= 4 is 40.9 Å². The van der Waals surface area contributed by atoms with Crippen molar-refractivity contribution in [1.82, 2.24) is 4.98 Å². The molecule has 0 atom stereocenters. The lowest BCUT2D eigenvalue weighted by molar-refractivity contribution is -0.114. The molecule has 0 saturated carbocycles. The van der Waals surface area contributed by atoms with Gasteiger partial charge in [0, 0.05) is 17.6 Å². The van der Waals surface area contributed by atoms with E-state index in [0.29, 0.717) is 5.82 Å². The van der Waals surface area contributed by atoms with Crippen molar-refractivity contribution in [3.63, 3.8) is 0 Å². The van der Waals surface area contributed by atoms with E-state index in [2.05, 4.69) is 45.9 Å². The van der Waals surface area contributed by atoms with Gasteiger partial charge in [-0.2, -0.15) is 0 Å². The SMILES string of the molecule is CC(=O)Nc1ncc(Br)cc1[Si](C)(C)C. The van der Waals surface area contributed by atoms with E-state index in [-0.39, 0.29) is 5.91 Å². The molecule has 1 aromatic heterocycles. The predicted molar refractivity (Wildman–Crippen MR) is 69.2 cm³/mol. The number of amides is 1. The topological polar surface area (TPSA) is 42.0 Å². The summed E-state index contributed by atoms with van der Waals surface area (Å²) < 4.78 is 0.953. The average Bonchev–Trinajstić information content (AvgIpc) is 2.05. The van der Waals surface area contributed by atoms with Gasteiger partial charge < -0.3 is 5.32 Å². The van der Waals surface area contributed by atoms with Gasteiger partial charge in [-0.25, -0.2) is 4.98 Å². The second-order valence-corrected chi connectivity index (χ2v) is 10.4. The van der Waals surface area contributed by atoms with E-state index in [9.17, 15) is 4.79 Å². The Kier molecular flexibility index (Phi) is 3.67. The first-order valence-electron chi connectivity index (χ1n) is 4.74. The van der Waals surface area contributed by atoms with Gasteiger partial charge >= 0.3 is 0 Å². The Morgan fingerprint density at radius 2 is 2.07 bits per heavy atom. The van der Waals surface area contributed by atoms with E-state index in [1.807, 2.05) is 6.07 Å². The largest absolute Gasteiger partial charge is 0.311 e. The summed E-state index contributed by atoms with van der Waals surface area (Å²) in [5.41, 5.74) is 0. The molecule has 3 nitrogen and oxygen atoms in total. The minimum absolute atomic E-state index is 0.0793. The molecule has 5 heteroatoms. The van der Waals surface area contributed by atoms with Crippen molar-refractivity contribution in [2.45, 2.75) is 26.6 Å². The summed E-state index contributed by atoms with van der Waals surface area (Å²) >= 11 is 3.40. The van der Waals surface area contributed by atoms with Crippen LogP contribution < -0.4 is 10.5 Å². The van der Waals surface area contributed by atoms with Crippen molar-refractivity contribution in [1.29, 1.82) is 0 Å². The van der Waals surface area contributed by atoms with Crippen LogP contribution in [0.1, 0.15) is 6.92 Å². The number of aromatic nitrogens is 1. The molecule has 15 heavy (non-hydrogen) atoms. The lowest BCUT2D eigenvalue weighted by Crippen LogP contribution is -2.40. The van der Waals surface area contributed by atoms with Crippen LogP contribution >= 0.6 is 15.9 Å². The molecule has 1 aromatic rings. The fourth-order valence-corrected chi connectivity index (χ4v) is 3.25. The Hall–Kier alpha value is -0.683. The molecule has 0 saturated heterocycles. The molecule has 0 aromatic carbocycles. The molecule has 1 heterocycles.